The molecule has 1 atom stereocenters. The van der Waals surface area contributed by atoms with E-state index < -0.39 is 10.0 Å². The summed E-state index contributed by atoms with van der Waals surface area (Å²) >= 11 is 1.27. The predicted octanol–water partition coefficient (Wildman–Crippen LogP) is 3.09. The van der Waals surface area contributed by atoms with E-state index in [1.54, 1.807) is 12.1 Å². The molecule has 0 amide bonds. The van der Waals surface area contributed by atoms with Crippen molar-refractivity contribution >= 4 is 21.4 Å². The van der Waals surface area contributed by atoms with Gasteiger partial charge in [-0.3, -0.25) is 0 Å². The molecule has 1 aromatic carbocycles. The molecule has 5 nitrogen and oxygen atoms in total. The van der Waals surface area contributed by atoms with Crippen LogP contribution in [0.1, 0.15) is 23.3 Å². The molecule has 0 unspecified atom stereocenters. The molecule has 0 spiro atoms. The topological polar surface area (TPSA) is 64.6 Å². The molecule has 1 saturated heterocycles. The first kappa shape index (κ1) is 17.4. The van der Waals surface area contributed by atoms with Gasteiger partial charge in [0, 0.05) is 18.0 Å². The number of hydrogen-bond acceptors (Lipinski definition) is 5. The van der Waals surface area contributed by atoms with Gasteiger partial charge in [-0.05, 0) is 49.6 Å². The summed E-state index contributed by atoms with van der Waals surface area (Å²) in [6.45, 7) is 3.46. The molecule has 1 aliphatic rings. The third-order valence-electron chi connectivity index (χ3n) is 3.81. The molecule has 7 heteroatoms. The van der Waals surface area contributed by atoms with Crippen molar-refractivity contribution in [3.8, 4) is 5.75 Å². The highest BCUT2D eigenvalue weighted by Crippen LogP contribution is 2.21. The Kier molecular flexibility index (Phi) is 5.55. The zero-order valence-corrected chi connectivity index (χ0v) is 15.2. The number of sulfonamides is 1. The summed E-state index contributed by atoms with van der Waals surface area (Å²) in [4.78, 5) is 0.972. The largest absolute Gasteiger partial charge is 0.491 e. The van der Waals surface area contributed by atoms with E-state index in [9.17, 15) is 8.42 Å². The van der Waals surface area contributed by atoms with Crippen molar-refractivity contribution in [1.29, 1.82) is 0 Å². The molecule has 0 bridgehead atoms. The first-order valence-corrected chi connectivity index (χ1v) is 10.2. The second-order valence-electron chi connectivity index (χ2n) is 5.78. The van der Waals surface area contributed by atoms with E-state index in [1.165, 1.54) is 11.3 Å². The maximum absolute atomic E-state index is 12.3. The minimum absolute atomic E-state index is 0.161. The molecule has 0 radical (unpaired) electrons. The van der Waals surface area contributed by atoms with Gasteiger partial charge in [0.1, 0.15) is 16.6 Å². The molecule has 1 aliphatic heterocycles. The van der Waals surface area contributed by atoms with Crippen molar-refractivity contribution < 1.29 is 17.9 Å². The van der Waals surface area contributed by atoms with Crippen LogP contribution in [0, 0.1) is 6.92 Å². The molecule has 1 aromatic heterocycles. The number of hydrogen-bond donors (Lipinski definition) is 1. The SMILES string of the molecule is Cc1ccc(S(=O)(=O)NCc2cccc(OC[C@H]3CCCO3)c2)s1. The highest BCUT2D eigenvalue weighted by molar-refractivity contribution is 7.91. The molecular weight excluding hydrogens is 346 g/mol. The molecule has 1 N–H and O–H groups in total. The maximum Gasteiger partial charge on any atom is 0.250 e. The van der Waals surface area contributed by atoms with Gasteiger partial charge in [0.05, 0.1) is 6.10 Å². The number of thiophene rings is 1. The fourth-order valence-corrected chi connectivity index (χ4v) is 4.86. The third-order valence-corrected chi connectivity index (χ3v) is 6.70. The standard InChI is InChI=1S/C17H21NO4S2/c1-13-7-8-17(23-13)24(19,20)18-11-14-4-2-5-15(10-14)22-12-16-6-3-9-21-16/h2,4-5,7-8,10,16,18H,3,6,9,11-12H2,1H3/t16-/m1/s1. The van der Waals surface area contributed by atoms with Gasteiger partial charge in [-0.1, -0.05) is 12.1 Å². The van der Waals surface area contributed by atoms with Crippen LogP contribution in [0.3, 0.4) is 0 Å². The van der Waals surface area contributed by atoms with Gasteiger partial charge in [0.15, 0.2) is 0 Å². The fraction of sp³-hybridized carbons (Fsp3) is 0.412. The molecule has 0 aliphatic carbocycles. The Bertz CT molecular complexity index is 779. The lowest BCUT2D eigenvalue weighted by molar-refractivity contribution is 0.0679. The Morgan fingerprint density at radius 1 is 1.33 bits per heavy atom. The van der Waals surface area contributed by atoms with Crippen LogP contribution in [-0.2, 0) is 21.3 Å². The molecule has 0 saturated carbocycles. The van der Waals surface area contributed by atoms with Gasteiger partial charge < -0.3 is 9.47 Å². The van der Waals surface area contributed by atoms with Crippen LogP contribution >= 0.6 is 11.3 Å². The average Bonchev–Trinajstić information content (AvgIpc) is 3.23. The average molecular weight is 367 g/mol. The Balaban J connectivity index is 1.58. The van der Waals surface area contributed by atoms with E-state index in [-0.39, 0.29) is 12.6 Å². The highest BCUT2D eigenvalue weighted by atomic mass is 32.2. The van der Waals surface area contributed by atoms with Crippen molar-refractivity contribution in [3.63, 3.8) is 0 Å². The second-order valence-corrected chi connectivity index (χ2v) is 9.06. The molecule has 2 heterocycles. The lowest BCUT2D eigenvalue weighted by Gasteiger charge is -2.12. The summed E-state index contributed by atoms with van der Waals surface area (Å²) in [5, 5.41) is 0. The van der Waals surface area contributed by atoms with E-state index in [0.717, 1.165) is 35.6 Å². The van der Waals surface area contributed by atoms with Crippen molar-refractivity contribution in [1.82, 2.24) is 4.72 Å². The van der Waals surface area contributed by atoms with Crippen LogP contribution in [0.2, 0.25) is 0 Å². The number of ether oxygens (including phenoxy) is 2. The monoisotopic (exact) mass is 367 g/mol. The molecule has 130 valence electrons. The molecule has 24 heavy (non-hydrogen) atoms. The van der Waals surface area contributed by atoms with E-state index >= 15 is 0 Å². The van der Waals surface area contributed by atoms with Crippen LogP contribution in [-0.4, -0.2) is 27.7 Å². The minimum Gasteiger partial charge on any atom is -0.491 e. The lowest BCUT2D eigenvalue weighted by Crippen LogP contribution is -2.22. The van der Waals surface area contributed by atoms with Crippen LogP contribution in [0.15, 0.2) is 40.6 Å². The van der Waals surface area contributed by atoms with Gasteiger partial charge in [-0.15, -0.1) is 11.3 Å². The van der Waals surface area contributed by atoms with Crippen LogP contribution in [0.5, 0.6) is 5.75 Å². The fourth-order valence-electron chi connectivity index (χ4n) is 2.52. The van der Waals surface area contributed by atoms with Gasteiger partial charge in [0.2, 0.25) is 10.0 Å². The Hall–Kier alpha value is -1.41. The zero-order valence-electron chi connectivity index (χ0n) is 13.5. The van der Waals surface area contributed by atoms with Crippen molar-refractivity contribution in [2.24, 2.45) is 0 Å². The maximum atomic E-state index is 12.3. The number of nitrogens with one attached hydrogen (secondary N) is 1. The van der Waals surface area contributed by atoms with E-state index in [0.29, 0.717) is 10.8 Å². The van der Waals surface area contributed by atoms with Gasteiger partial charge in [-0.25, -0.2) is 13.1 Å². The van der Waals surface area contributed by atoms with Crippen LogP contribution in [0.4, 0.5) is 0 Å². The second kappa shape index (κ2) is 7.65. The van der Waals surface area contributed by atoms with Crippen LogP contribution < -0.4 is 9.46 Å². The third kappa shape index (κ3) is 4.57. The lowest BCUT2D eigenvalue weighted by atomic mass is 10.2. The van der Waals surface area contributed by atoms with E-state index in [4.69, 9.17) is 9.47 Å². The smallest absolute Gasteiger partial charge is 0.250 e. The van der Waals surface area contributed by atoms with E-state index in [1.807, 2.05) is 31.2 Å². The van der Waals surface area contributed by atoms with Crippen molar-refractivity contribution in [3.05, 3.63) is 46.8 Å². The first-order chi connectivity index (χ1) is 11.5. The Labute approximate surface area is 146 Å². The van der Waals surface area contributed by atoms with Gasteiger partial charge in [-0.2, -0.15) is 0 Å². The minimum atomic E-state index is -3.47. The molecular formula is C17H21NO4S2. The summed E-state index contributed by atoms with van der Waals surface area (Å²) in [5.41, 5.74) is 0.858. The summed E-state index contributed by atoms with van der Waals surface area (Å²) in [6, 6.07) is 10.9. The molecule has 3 rings (SSSR count). The number of aryl methyl sites for hydroxylation is 1. The highest BCUT2D eigenvalue weighted by Gasteiger charge is 2.17. The zero-order chi connectivity index (χ0) is 17.0. The van der Waals surface area contributed by atoms with Gasteiger partial charge >= 0.3 is 0 Å². The summed E-state index contributed by atoms with van der Waals surface area (Å²) in [5.74, 6) is 0.731. The molecule has 1 fully saturated rings. The quantitative estimate of drug-likeness (QED) is 0.817. The van der Waals surface area contributed by atoms with Crippen molar-refractivity contribution in [2.75, 3.05) is 13.2 Å². The predicted molar refractivity (Wildman–Crippen MR) is 94.0 cm³/mol. The summed E-state index contributed by atoms with van der Waals surface area (Å²) in [7, 11) is -3.47. The van der Waals surface area contributed by atoms with Crippen molar-refractivity contribution in [2.45, 2.75) is 36.6 Å². The van der Waals surface area contributed by atoms with Crippen LogP contribution in [0.25, 0.3) is 0 Å². The first-order valence-electron chi connectivity index (χ1n) is 7.92. The number of rotatable bonds is 7. The Morgan fingerprint density at radius 2 is 2.21 bits per heavy atom. The summed E-state index contributed by atoms with van der Waals surface area (Å²) in [6.07, 6.45) is 2.27. The van der Waals surface area contributed by atoms with E-state index in [2.05, 4.69) is 4.72 Å². The Morgan fingerprint density at radius 3 is 2.92 bits per heavy atom. The summed E-state index contributed by atoms with van der Waals surface area (Å²) < 4.78 is 38.8. The van der Waals surface area contributed by atoms with Gasteiger partial charge in [0.25, 0.3) is 0 Å². The normalized spacial score (nSPS) is 18.0. The number of benzene rings is 1. The molecule has 2 aromatic rings.